The van der Waals surface area contributed by atoms with Crippen molar-refractivity contribution in [1.82, 2.24) is 16.0 Å². The molecule has 2 aromatic carbocycles. The molecule has 0 aromatic heterocycles. The van der Waals surface area contributed by atoms with E-state index >= 15 is 0 Å². The molecule has 3 unspecified atom stereocenters. The molecule has 214 valence electrons. The smallest absolute Gasteiger partial charge is 0.408 e. The maximum absolute atomic E-state index is 13.3. The fourth-order valence-electron chi connectivity index (χ4n) is 5.75. The van der Waals surface area contributed by atoms with Crippen LogP contribution in [0.4, 0.5) is 4.79 Å². The van der Waals surface area contributed by atoms with Crippen molar-refractivity contribution in [1.29, 1.82) is 0 Å². The van der Waals surface area contributed by atoms with Crippen LogP contribution >= 0.6 is 11.6 Å². The van der Waals surface area contributed by atoms with Crippen molar-refractivity contribution in [2.24, 2.45) is 11.8 Å². The SMILES string of the molecule is O=CC(CC1CC(Cc2ccccc2)NC1=O)NC(=O)[C@H](CC1CCCCC1)NC(=O)OCc1cccc(Cl)c1. The summed E-state index contributed by atoms with van der Waals surface area (Å²) in [6, 6.07) is 15.2. The van der Waals surface area contributed by atoms with Crippen LogP contribution in [0.5, 0.6) is 0 Å². The monoisotopic (exact) mass is 567 g/mol. The number of halogens is 1. The summed E-state index contributed by atoms with van der Waals surface area (Å²) in [7, 11) is 0. The van der Waals surface area contributed by atoms with Gasteiger partial charge in [0.2, 0.25) is 11.8 Å². The number of hydrogen-bond donors (Lipinski definition) is 3. The molecular weight excluding hydrogens is 530 g/mol. The number of rotatable bonds is 12. The molecule has 1 aliphatic heterocycles. The molecule has 0 bridgehead atoms. The normalized spacial score (nSPS) is 20.7. The van der Waals surface area contributed by atoms with E-state index in [4.69, 9.17) is 16.3 Å². The molecule has 2 aliphatic rings. The number of benzene rings is 2. The third-order valence-electron chi connectivity index (χ3n) is 7.80. The molecule has 9 heteroatoms. The van der Waals surface area contributed by atoms with Crippen molar-refractivity contribution in [2.75, 3.05) is 0 Å². The van der Waals surface area contributed by atoms with Gasteiger partial charge in [-0.15, -0.1) is 0 Å². The quantitative estimate of drug-likeness (QED) is 0.321. The van der Waals surface area contributed by atoms with Crippen LogP contribution in [0.25, 0.3) is 0 Å². The molecule has 3 amide bonds. The van der Waals surface area contributed by atoms with E-state index in [2.05, 4.69) is 16.0 Å². The Morgan fingerprint density at radius 3 is 2.48 bits per heavy atom. The van der Waals surface area contributed by atoms with Crippen LogP contribution in [0.15, 0.2) is 54.6 Å². The van der Waals surface area contributed by atoms with Crippen LogP contribution in [0.2, 0.25) is 5.02 Å². The number of alkyl carbamates (subject to hydrolysis) is 1. The zero-order valence-electron chi connectivity index (χ0n) is 22.7. The number of nitrogens with one attached hydrogen (secondary N) is 3. The second-order valence-electron chi connectivity index (χ2n) is 11.0. The first-order chi connectivity index (χ1) is 19.4. The summed E-state index contributed by atoms with van der Waals surface area (Å²) in [6.07, 6.45) is 7.28. The van der Waals surface area contributed by atoms with Crippen molar-refractivity contribution in [3.63, 3.8) is 0 Å². The first-order valence-corrected chi connectivity index (χ1v) is 14.5. The molecule has 40 heavy (non-hydrogen) atoms. The van der Waals surface area contributed by atoms with Crippen LogP contribution < -0.4 is 16.0 Å². The van der Waals surface area contributed by atoms with Crippen molar-refractivity contribution in [3.8, 4) is 0 Å². The molecule has 4 atom stereocenters. The molecule has 4 rings (SSSR count). The Hall–Kier alpha value is -3.39. The number of aldehydes is 1. The molecule has 2 aromatic rings. The first-order valence-electron chi connectivity index (χ1n) is 14.2. The lowest BCUT2D eigenvalue weighted by Gasteiger charge is -2.27. The molecule has 0 spiro atoms. The summed E-state index contributed by atoms with van der Waals surface area (Å²) in [5.41, 5.74) is 1.87. The van der Waals surface area contributed by atoms with Crippen LogP contribution in [-0.4, -0.2) is 42.3 Å². The maximum Gasteiger partial charge on any atom is 0.408 e. The van der Waals surface area contributed by atoms with Gasteiger partial charge < -0.3 is 25.5 Å². The number of hydrogen-bond acceptors (Lipinski definition) is 5. The Morgan fingerprint density at radius 1 is 1.00 bits per heavy atom. The van der Waals surface area contributed by atoms with Gasteiger partial charge in [-0.3, -0.25) is 9.59 Å². The Bertz CT molecular complexity index is 1150. The standard InChI is InChI=1S/C31H38ClN3O5/c32-25-13-7-12-23(14-25)20-40-31(39)35-28(16-22-10-5-2-6-11-22)30(38)34-27(19-36)18-24-17-26(33-29(24)37)15-21-8-3-1-4-9-21/h1,3-4,7-9,12-14,19,22,24,26-28H,2,5-6,10-11,15-18,20H2,(H,33,37)(H,34,38)(H,35,39)/t24?,26?,27?,28-/m0/s1. The van der Waals surface area contributed by atoms with Gasteiger partial charge in [-0.2, -0.15) is 0 Å². The minimum Gasteiger partial charge on any atom is -0.445 e. The van der Waals surface area contributed by atoms with E-state index in [-0.39, 0.29) is 30.9 Å². The van der Waals surface area contributed by atoms with Crippen molar-refractivity contribution in [3.05, 3.63) is 70.7 Å². The molecule has 1 saturated heterocycles. The topological polar surface area (TPSA) is 114 Å². The molecule has 0 radical (unpaired) electrons. The number of carbonyl (C=O) groups excluding carboxylic acids is 4. The lowest BCUT2D eigenvalue weighted by atomic mass is 9.84. The fraction of sp³-hybridized carbons (Fsp3) is 0.484. The van der Waals surface area contributed by atoms with Gasteiger partial charge in [-0.05, 0) is 54.9 Å². The average Bonchev–Trinajstić information content (AvgIpc) is 3.30. The lowest BCUT2D eigenvalue weighted by molar-refractivity contribution is -0.127. The molecule has 1 heterocycles. The molecule has 8 nitrogen and oxygen atoms in total. The van der Waals surface area contributed by atoms with Crippen molar-refractivity contribution >= 4 is 35.8 Å². The first kappa shape index (κ1) is 29.6. The summed E-state index contributed by atoms with van der Waals surface area (Å²) in [6.45, 7) is 0.0159. The highest BCUT2D eigenvalue weighted by atomic mass is 35.5. The highest BCUT2D eigenvalue weighted by Crippen LogP contribution is 2.28. The number of ether oxygens (including phenoxy) is 1. The molecule has 3 N–H and O–H groups in total. The van der Waals surface area contributed by atoms with Gasteiger partial charge in [0.1, 0.15) is 18.9 Å². The molecular formula is C31H38ClN3O5. The van der Waals surface area contributed by atoms with E-state index in [1.54, 1.807) is 24.3 Å². The minimum atomic E-state index is -0.847. The summed E-state index contributed by atoms with van der Waals surface area (Å²) in [5, 5.41) is 9.05. The van der Waals surface area contributed by atoms with Gasteiger partial charge in [-0.1, -0.05) is 86.2 Å². The highest BCUT2D eigenvalue weighted by Gasteiger charge is 2.35. The number of amides is 3. The van der Waals surface area contributed by atoms with E-state index in [1.807, 2.05) is 30.3 Å². The van der Waals surface area contributed by atoms with E-state index < -0.39 is 24.1 Å². The zero-order chi connectivity index (χ0) is 28.3. The Kier molecular flexibility index (Phi) is 11.0. The van der Waals surface area contributed by atoms with Crippen LogP contribution in [0.1, 0.15) is 62.5 Å². The summed E-state index contributed by atoms with van der Waals surface area (Å²) in [5.74, 6) is -0.631. The fourth-order valence-corrected chi connectivity index (χ4v) is 5.96. The maximum atomic E-state index is 13.3. The van der Waals surface area contributed by atoms with E-state index in [0.29, 0.717) is 36.5 Å². The third-order valence-corrected chi connectivity index (χ3v) is 8.04. The van der Waals surface area contributed by atoms with Crippen molar-refractivity contribution in [2.45, 2.75) is 82.5 Å². The van der Waals surface area contributed by atoms with Gasteiger partial charge >= 0.3 is 6.09 Å². The van der Waals surface area contributed by atoms with E-state index in [9.17, 15) is 19.2 Å². The Morgan fingerprint density at radius 2 is 1.75 bits per heavy atom. The zero-order valence-corrected chi connectivity index (χ0v) is 23.4. The van der Waals surface area contributed by atoms with Gasteiger partial charge in [0.05, 0.1) is 6.04 Å². The predicted octanol–water partition coefficient (Wildman–Crippen LogP) is 4.73. The second-order valence-corrected chi connectivity index (χ2v) is 11.4. The minimum absolute atomic E-state index is 0.0158. The van der Waals surface area contributed by atoms with Crippen molar-refractivity contribution < 1.29 is 23.9 Å². The third kappa shape index (κ3) is 9.08. The van der Waals surface area contributed by atoms with E-state index in [0.717, 1.165) is 36.8 Å². The average molecular weight is 568 g/mol. The molecule has 1 aliphatic carbocycles. The summed E-state index contributed by atoms with van der Waals surface area (Å²) >= 11 is 6.01. The van der Waals surface area contributed by atoms with Crippen LogP contribution in [0.3, 0.4) is 0 Å². The predicted molar refractivity (Wildman–Crippen MR) is 153 cm³/mol. The van der Waals surface area contributed by atoms with Gasteiger partial charge in [-0.25, -0.2) is 4.79 Å². The Balaban J connectivity index is 1.33. The summed E-state index contributed by atoms with van der Waals surface area (Å²) < 4.78 is 5.36. The number of carbonyl (C=O) groups is 4. The largest absolute Gasteiger partial charge is 0.445 e. The molecule has 2 fully saturated rings. The summed E-state index contributed by atoms with van der Waals surface area (Å²) in [4.78, 5) is 50.6. The van der Waals surface area contributed by atoms with Gasteiger partial charge in [0.25, 0.3) is 0 Å². The van der Waals surface area contributed by atoms with Gasteiger partial charge in [0, 0.05) is 17.0 Å². The van der Waals surface area contributed by atoms with Gasteiger partial charge in [0.15, 0.2) is 0 Å². The van der Waals surface area contributed by atoms with Crippen LogP contribution in [-0.2, 0) is 32.1 Å². The Labute approximate surface area is 240 Å². The molecule has 1 saturated carbocycles. The lowest BCUT2D eigenvalue weighted by Crippen LogP contribution is -2.51. The van der Waals surface area contributed by atoms with E-state index in [1.165, 1.54) is 6.42 Å². The van der Waals surface area contributed by atoms with Crippen LogP contribution in [0, 0.1) is 11.8 Å². The highest BCUT2D eigenvalue weighted by molar-refractivity contribution is 6.30. The second kappa shape index (κ2) is 14.8.